The Balaban J connectivity index is 0.00000120. The Labute approximate surface area is 111 Å². The molecule has 2 N–H and O–H groups in total. The minimum Gasteiger partial charge on any atom is -0.412 e. The molecule has 100 valence electrons. The Morgan fingerprint density at radius 2 is 1.72 bits per heavy atom. The summed E-state index contributed by atoms with van der Waals surface area (Å²) in [6.07, 6.45) is 5.71. The Kier molecular flexibility index (Phi) is 3.31. The van der Waals surface area contributed by atoms with E-state index in [0.29, 0.717) is 10.8 Å². The van der Waals surface area contributed by atoms with Crippen LogP contribution in [-0.4, -0.2) is 5.48 Å². The van der Waals surface area contributed by atoms with Gasteiger partial charge in [-0.3, -0.25) is 0 Å². The molecule has 0 aromatic heterocycles. The van der Waals surface area contributed by atoms with Gasteiger partial charge in [-0.2, -0.15) is 0 Å². The fourth-order valence-electron chi connectivity index (χ4n) is 3.41. The van der Waals surface area contributed by atoms with Gasteiger partial charge in [0, 0.05) is 0 Å². The van der Waals surface area contributed by atoms with Gasteiger partial charge in [0.25, 0.3) is 0 Å². The zero-order valence-electron chi connectivity index (χ0n) is 11.9. The van der Waals surface area contributed by atoms with Gasteiger partial charge in [-0.1, -0.05) is 51.1 Å². The van der Waals surface area contributed by atoms with E-state index >= 15 is 0 Å². The fourth-order valence-corrected chi connectivity index (χ4v) is 3.41. The number of benzene rings is 1. The molecule has 2 saturated carbocycles. The molecule has 0 heterocycles. The first-order valence-corrected chi connectivity index (χ1v) is 7.08. The first-order chi connectivity index (χ1) is 8.04. The van der Waals surface area contributed by atoms with Gasteiger partial charge in [0.15, 0.2) is 0 Å². The van der Waals surface area contributed by atoms with Gasteiger partial charge < -0.3 is 5.48 Å². The molecule has 18 heavy (non-hydrogen) atoms. The predicted molar refractivity (Wildman–Crippen MR) is 76.6 cm³/mol. The van der Waals surface area contributed by atoms with Crippen molar-refractivity contribution in [1.29, 1.82) is 0 Å². The third kappa shape index (κ3) is 2.33. The monoisotopic (exact) mass is 246 g/mol. The van der Waals surface area contributed by atoms with Crippen LogP contribution in [0.3, 0.4) is 0 Å². The SMILES string of the molecule is CC1CC1(C)C(CC1(C)CC1)c1ccccc1.O. The van der Waals surface area contributed by atoms with Gasteiger partial charge in [-0.15, -0.1) is 0 Å². The average Bonchev–Trinajstić information content (AvgIpc) is 3.19. The molecule has 1 heteroatoms. The van der Waals surface area contributed by atoms with Crippen LogP contribution in [0, 0.1) is 16.7 Å². The third-order valence-electron chi connectivity index (χ3n) is 5.51. The fraction of sp³-hybridized carbons (Fsp3) is 0.647. The maximum absolute atomic E-state index is 2.50. The second-order valence-corrected chi connectivity index (χ2v) is 7.09. The standard InChI is InChI=1S/C17H24.H2O/c1-13-11-17(13,3)15(12-16(2)9-10-16)14-7-5-4-6-8-14;/h4-8,13,15H,9-12H2,1-3H3;1H2. The summed E-state index contributed by atoms with van der Waals surface area (Å²) >= 11 is 0. The van der Waals surface area contributed by atoms with E-state index in [0.717, 1.165) is 11.8 Å². The van der Waals surface area contributed by atoms with Gasteiger partial charge >= 0.3 is 0 Å². The number of rotatable bonds is 4. The van der Waals surface area contributed by atoms with Crippen molar-refractivity contribution >= 4 is 0 Å². The van der Waals surface area contributed by atoms with Crippen molar-refractivity contribution in [2.75, 3.05) is 0 Å². The van der Waals surface area contributed by atoms with E-state index in [-0.39, 0.29) is 5.48 Å². The summed E-state index contributed by atoms with van der Waals surface area (Å²) in [4.78, 5) is 0. The summed E-state index contributed by atoms with van der Waals surface area (Å²) < 4.78 is 0. The van der Waals surface area contributed by atoms with E-state index in [1.165, 1.54) is 25.7 Å². The summed E-state index contributed by atoms with van der Waals surface area (Å²) in [5.74, 6) is 1.70. The third-order valence-corrected chi connectivity index (χ3v) is 5.51. The lowest BCUT2D eigenvalue weighted by atomic mass is 9.76. The molecule has 3 rings (SSSR count). The molecule has 2 fully saturated rings. The zero-order valence-corrected chi connectivity index (χ0v) is 11.9. The molecule has 0 amide bonds. The molecule has 2 aliphatic carbocycles. The van der Waals surface area contributed by atoms with Crippen molar-refractivity contribution in [3.8, 4) is 0 Å². The molecule has 0 aliphatic heterocycles. The quantitative estimate of drug-likeness (QED) is 0.763. The molecule has 3 unspecified atom stereocenters. The van der Waals surface area contributed by atoms with Crippen LogP contribution in [-0.2, 0) is 0 Å². The van der Waals surface area contributed by atoms with Gasteiger partial charge in [0.2, 0.25) is 0 Å². The Morgan fingerprint density at radius 3 is 2.17 bits per heavy atom. The molecular weight excluding hydrogens is 220 g/mol. The van der Waals surface area contributed by atoms with Crippen molar-refractivity contribution in [3.05, 3.63) is 35.9 Å². The highest BCUT2D eigenvalue weighted by Crippen LogP contribution is 2.65. The molecule has 2 aliphatic rings. The van der Waals surface area contributed by atoms with Crippen LogP contribution in [0.4, 0.5) is 0 Å². The highest BCUT2D eigenvalue weighted by atomic mass is 16.0. The molecule has 0 spiro atoms. The lowest BCUT2D eigenvalue weighted by Crippen LogP contribution is -2.16. The Hall–Kier alpha value is -0.820. The average molecular weight is 246 g/mol. The second kappa shape index (κ2) is 4.38. The molecule has 1 aromatic rings. The lowest BCUT2D eigenvalue weighted by molar-refractivity contribution is 0.324. The maximum Gasteiger partial charge on any atom is -0.0100 e. The number of hydrogen-bond donors (Lipinski definition) is 0. The summed E-state index contributed by atoms with van der Waals surface area (Å²) in [6.45, 7) is 7.39. The van der Waals surface area contributed by atoms with Crippen LogP contribution in [0.15, 0.2) is 30.3 Å². The summed E-state index contributed by atoms with van der Waals surface area (Å²) in [5, 5.41) is 0. The van der Waals surface area contributed by atoms with Crippen LogP contribution in [0.25, 0.3) is 0 Å². The smallest absolute Gasteiger partial charge is 0.0100 e. The molecular formula is C17H26O. The van der Waals surface area contributed by atoms with E-state index in [4.69, 9.17) is 0 Å². The van der Waals surface area contributed by atoms with Crippen LogP contribution < -0.4 is 0 Å². The van der Waals surface area contributed by atoms with Crippen LogP contribution in [0.1, 0.15) is 57.9 Å². The first-order valence-electron chi connectivity index (χ1n) is 7.08. The normalized spacial score (nSPS) is 33.4. The minimum absolute atomic E-state index is 0. The van der Waals surface area contributed by atoms with Gasteiger partial charge in [-0.05, 0) is 53.9 Å². The molecule has 0 bridgehead atoms. The second-order valence-electron chi connectivity index (χ2n) is 7.09. The first kappa shape index (κ1) is 13.6. The minimum atomic E-state index is 0. The van der Waals surface area contributed by atoms with Gasteiger partial charge in [0.05, 0.1) is 0 Å². The van der Waals surface area contributed by atoms with Crippen molar-refractivity contribution in [3.63, 3.8) is 0 Å². The van der Waals surface area contributed by atoms with Crippen LogP contribution in [0.5, 0.6) is 0 Å². The van der Waals surface area contributed by atoms with E-state index in [1.807, 2.05) is 0 Å². The topological polar surface area (TPSA) is 31.5 Å². The lowest BCUT2D eigenvalue weighted by Gasteiger charge is -2.28. The Bertz CT molecular complexity index is 407. The van der Waals surface area contributed by atoms with Crippen molar-refractivity contribution < 1.29 is 5.48 Å². The highest BCUT2D eigenvalue weighted by Gasteiger charge is 2.55. The summed E-state index contributed by atoms with van der Waals surface area (Å²) in [6, 6.07) is 11.2. The largest absolute Gasteiger partial charge is 0.412 e. The summed E-state index contributed by atoms with van der Waals surface area (Å²) in [5.41, 5.74) is 2.81. The Morgan fingerprint density at radius 1 is 1.17 bits per heavy atom. The van der Waals surface area contributed by atoms with E-state index in [1.54, 1.807) is 5.56 Å². The summed E-state index contributed by atoms with van der Waals surface area (Å²) in [7, 11) is 0. The van der Waals surface area contributed by atoms with Crippen molar-refractivity contribution in [1.82, 2.24) is 0 Å². The zero-order chi connectivity index (χ0) is 12.1. The number of hydrogen-bond acceptors (Lipinski definition) is 0. The van der Waals surface area contributed by atoms with Crippen LogP contribution >= 0.6 is 0 Å². The van der Waals surface area contributed by atoms with E-state index in [2.05, 4.69) is 51.1 Å². The van der Waals surface area contributed by atoms with Crippen molar-refractivity contribution in [2.24, 2.45) is 16.7 Å². The molecule has 3 atom stereocenters. The van der Waals surface area contributed by atoms with E-state index < -0.39 is 0 Å². The maximum atomic E-state index is 2.50. The highest BCUT2D eigenvalue weighted by molar-refractivity contribution is 5.26. The van der Waals surface area contributed by atoms with Crippen molar-refractivity contribution in [2.45, 2.75) is 52.4 Å². The molecule has 0 radical (unpaired) electrons. The van der Waals surface area contributed by atoms with E-state index in [9.17, 15) is 0 Å². The predicted octanol–water partition coefficient (Wildman–Crippen LogP) is 4.18. The molecule has 1 nitrogen and oxygen atoms in total. The van der Waals surface area contributed by atoms with Gasteiger partial charge in [0.1, 0.15) is 0 Å². The van der Waals surface area contributed by atoms with Gasteiger partial charge in [-0.25, -0.2) is 0 Å². The molecule has 1 aromatic carbocycles. The molecule has 0 saturated heterocycles. The van der Waals surface area contributed by atoms with Crippen LogP contribution in [0.2, 0.25) is 0 Å².